The fourth-order valence-electron chi connectivity index (χ4n) is 4.12. The number of rotatable bonds is 7. The van der Waals surface area contributed by atoms with E-state index in [4.69, 9.17) is 4.52 Å². The van der Waals surface area contributed by atoms with Crippen LogP contribution in [0, 0.1) is 12.7 Å². The number of halogens is 4. The zero-order valence-electron chi connectivity index (χ0n) is 19.2. The van der Waals surface area contributed by atoms with Gasteiger partial charge in [-0.15, -0.1) is 0 Å². The van der Waals surface area contributed by atoms with E-state index in [9.17, 15) is 22.4 Å². The Hall–Kier alpha value is -3.27. The Kier molecular flexibility index (Phi) is 7.49. The molecule has 1 aliphatic rings. The zero-order valence-corrected chi connectivity index (χ0v) is 19.2. The number of aromatic nitrogens is 2. The highest BCUT2D eigenvalue weighted by Gasteiger charge is 2.30. The summed E-state index contributed by atoms with van der Waals surface area (Å²) in [5.74, 6) is 0.235. The van der Waals surface area contributed by atoms with Crippen LogP contribution >= 0.6 is 0 Å². The van der Waals surface area contributed by atoms with Gasteiger partial charge >= 0.3 is 6.18 Å². The highest BCUT2D eigenvalue weighted by molar-refractivity contribution is 5.76. The van der Waals surface area contributed by atoms with Gasteiger partial charge in [-0.3, -0.25) is 9.69 Å². The van der Waals surface area contributed by atoms with E-state index in [2.05, 4.69) is 20.4 Å². The zero-order chi connectivity index (χ0) is 25.0. The van der Waals surface area contributed by atoms with Crippen LogP contribution in [-0.2, 0) is 23.9 Å². The van der Waals surface area contributed by atoms with Crippen molar-refractivity contribution in [3.8, 4) is 11.4 Å². The molecule has 1 fully saturated rings. The summed E-state index contributed by atoms with van der Waals surface area (Å²) in [4.78, 5) is 18.8. The summed E-state index contributed by atoms with van der Waals surface area (Å²) in [6.07, 6.45) is -2.43. The van der Waals surface area contributed by atoms with E-state index in [0.717, 1.165) is 18.9 Å². The molecule has 0 saturated carbocycles. The average molecular weight is 491 g/mol. The Balaban J connectivity index is 1.21. The molecule has 0 unspecified atom stereocenters. The molecule has 3 aromatic rings. The summed E-state index contributed by atoms with van der Waals surface area (Å²) in [5.41, 5.74) is 1.10. The molecule has 10 heteroatoms. The van der Waals surface area contributed by atoms with Crippen molar-refractivity contribution in [1.29, 1.82) is 0 Å². The predicted octanol–water partition coefficient (Wildman–Crippen LogP) is 4.92. The second-order valence-electron chi connectivity index (χ2n) is 8.79. The molecule has 1 aliphatic heterocycles. The maximum Gasteiger partial charge on any atom is 0.416 e. The molecule has 0 atom stereocenters. The molecule has 6 nitrogen and oxygen atoms in total. The van der Waals surface area contributed by atoms with Crippen LogP contribution in [0.1, 0.15) is 41.8 Å². The van der Waals surface area contributed by atoms with Gasteiger partial charge in [0.25, 0.3) is 0 Å². The molecule has 0 radical (unpaired) electrons. The number of hydrogen-bond acceptors (Lipinski definition) is 5. The molecule has 4 rings (SSSR count). The molecule has 0 bridgehead atoms. The molecule has 35 heavy (non-hydrogen) atoms. The topological polar surface area (TPSA) is 71.3 Å². The minimum absolute atomic E-state index is 0.0145. The molecule has 0 spiro atoms. The fourth-order valence-corrected chi connectivity index (χ4v) is 4.12. The summed E-state index contributed by atoms with van der Waals surface area (Å²) < 4.78 is 57.4. The lowest BCUT2D eigenvalue weighted by Gasteiger charge is -2.32. The third kappa shape index (κ3) is 6.66. The van der Waals surface area contributed by atoms with Crippen molar-refractivity contribution in [2.75, 3.05) is 13.1 Å². The van der Waals surface area contributed by atoms with Gasteiger partial charge in [-0.1, -0.05) is 23.4 Å². The summed E-state index contributed by atoms with van der Waals surface area (Å²) in [6, 6.07) is 9.96. The number of amides is 1. The van der Waals surface area contributed by atoms with Crippen molar-refractivity contribution < 1.29 is 26.9 Å². The SMILES string of the molecule is Cc1cc(-c2noc(CCC(=O)NC3CCN(Cc4cccc(C(F)(F)F)c4)CC3)n2)ccc1F. The van der Waals surface area contributed by atoms with Gasteiger partial charge in [0.05, 0.1) is 5.56 Å². The molecular formula is C25H26F4N4O2. The van der Waals surface area contributed by atoms with Crippen molar-refractivity contribution in [1.82, 2.24) is 20.4 Å². The molecular weight excluding hydrogens is 464 g/mol. The Morgan fingerprint density at radius 1 is 1.17 bits per heavy atom. The number of benzene rings is 2. The number of nitrogens with one attached hydrogen (secondary N) is 1. The molecule has 1 aromatic heterocycles. The van der Waals surface area contributed by atoms with E-state index < -0.39 is 11.7 Å². The predicted molar refractivity (Wildman–Crippen MR) is 121 cm³/mol. The molecule has 1 saturated heterocycles. The first-order chi connectivity index (χ1) is 16.7. The number of carbonyl (C=O) groups excluding carboxylic acids is 1. The van der Waals surface area contributed by atoms with Crippen molar-refractivity contribution in [3.05, 3.63) is 70.9 Å². The van der Waals surface area contributed by atoms with Crippen LogP contribution in [0.15, 0.2) is 47.0 Å². The van der Waals surface area contributed by atoms with Gasteiger partial charge in [-0.25, -0.2) is 4.39 Å². The van der Waals surface area contributed by atoms with Gasteiger partial charge in [0.1, 0.15) is 5.82 Å². The van der Waals surface area contributed by atoms with Crippen molar-refractivity contribution in [2.24, 2.45) is 0 Å². The number of nitrogens with zero attached hydrogens (tertiary/aromatic N) is 3. The summed E-state index contributed by atoms with van der Waals surface area (Å²) >= 11 is 0. The quantitative estimate of drug-likeness (QED) is 0.477. The Morgan fingerprint density at radius 3 is 2.66 bits per heavy atom. The van der Waals surface area contributed by atoms with E-state index in [1.54, 1.807) is 25.1 Å². The normalized spacial score (nSPS) is 15.3. The van der Waals surface area contributed by atoms with Gasteiger partial charge in [-0.2, -0.15) is 18.2 Å². The highest BCUT2D eigenvalue weighted by Crippen LogP contribution is 2.30. The first-order valence-electron chi connectivity index (χ1n) is 11.4. The molecule has 0 aliphatic carbocycles. The summed E-state index contributed by atoms with van der Waals surface area (Å²) in [5, 5.41) is 6.91. The number of alkyl halides is 3. The number of aryl methyl sites for hydroxylation is 2. The van der Waals surface area contributed by atoms with E-state index in [1.807, 2.05) is 0 Å². The first kappa shape index (κ1) is 24.8. The number of hydrogen-bond donors (Lipinski definition) is 1. The minimum Gasteiger partial charge on any atom is -0.353 e. The van der Waals surface area contributed by atoms with Crippen LogP contribution in [0.4, 0.5) is 17.6 Å². The lowest BCUT2D eigenvalue weighted by atomic mass is 10.0. The van der Waals surface area contributed by atoms with Crippen LogP contribution < -0.4 is 5.32 Å². The lowest BCUT2D eigenvalue weighted by molar-refractivity contribution is -0.137. The smallest absolute Gasteiger partial charge is 0.353 e. The maximum atomic E-state index is 13.4. The molecule has 1 amide bonds. The average Bonchev–Trinajstić information content (AvgIpc) is 3.30. The van der Waals surface area contributed by atoms with Crippen LogP contribution in [0.3, 0.4) is 0 Å². The van der Waals surface area contributed by atoms with Crippen molar-refractivity contribution >= 4 is 5.91 Å². The van der Waals surface area contributed by atoms with E-state index in [0.29, 0.717) is 48.0 Å². The van der Waals surface area contributed by atoms with Crippen LogP contribution in [-0.4, -0.2) is 40.1 Å². The van der Waals surface area contributed by atoms with Gasteiger partial charge in [0.2, 0.25) is 17.6 Å². The second kappa shape index (κ2) is 10.6. The standard InChI is InChI=1S/C25H26F4N4O2/c1-16-13-18(5-6-21(16)26)24-31-23(35-32-24)8-7-22(34)30-20-9-11-33(12-10-20)15-17-3-2-4-19(14-17)25(27,28)29/h2-6,13-14,20H,7-12,15H2,1H3,(H,30,34). The Labute approximate surface area is 200 Å². The Morgan fingerprint density at radius 2 is 1.94 bits per heavy atom. The Bertz CT molecular complexity index is 1170. The highest BCUT2D eigenvalue weighted by atomic mass is 19.4. The van der Waals surface area contributed by atoms with Gasteiger partial charge < -0.3 is 9.84 Å². The van der Waals surface area contributed by atoms with Gasteiger partial charge in [-0.05, 0) is 55.2 Å². The van der Waals surface area contributed by atoms with Crippen molar-refractivity contribution in [3.63, 3.8) is 0 Å². The van der Waals surface area contributed by atoms with Crippen LogP contribution in [0.2, 0.25) is 0 Å². The second-order valence-corrected chi connectivity index (χ2v) is 8.79. The molecule has 2 heterocycles. The molecule has 2 aromatic carbocycles. The summed E-state index contributed by atoms with van der Waals surface area (Å²) in [6.45, 7) is 3.47. The maximum absolute atomic E-state index is 13.4. The molecule has 1 N–H and O–H groups in total. The van der Waals surface area contributed by atoms with Gasteiger partial charge in [0, 0.05) is 44.1 Å². The van der Waals surface area contributed by atoms with E-state index in [-0.39, 0.29) is 30.6 Å². The third-order valence-electron chi connectivity index (χ3n) is 6.06. The van der Waals surface area contributed by atoms with Crippen molar-refractivity contribution in [2.45, 2.75) is 51.4 Å². The van der Waals surface area contributed by atoms with E-state index >= 15 is 0 Å². The van der Waals surface area contributed by atoms with Crippen LogP contribution in [0.25, 0.3) is 11.4 Å². The van der Waals surface area contributed by atoms with Crippen LogP contribution in [0.5, 0.6) is 0 Å². The van der Waals surface area contributed by atoms with Gasteiger partial charge in [0.15, 0.2) is 0 Å². The molecule has 186 valence electrons. The number of carbonyl (C=O) groups is 1. The largest absolute Gasteiger partial charge is 0.416 e. The number of likely N-dealkylation sites (tertiary alicyclic amines) is 1. The fraction of sp³-hybridized carbons (Fsp3) is 0.400. The first-order valence-corrected chi connectivity index (χ1v) is 11.4. The minimum atomic E-state index is -4.35. The number of piperidine rings is 1. The van der Waals surface area contributed by atoms with E-state index in [1.165, 1.54) is 18.2 Å². The summed E-state index contributed by atoms with van der Waals surface area (Å²) in [7, 11) is 0. The monoisotopic (exact) mass is 490 g/mol. The third-order valence-corrected chi connectivity index (χ3v) is 6.06. The lowest BCUT2D eigenvalue weighted by Crippen LogP contribution is -2.44.